The number of aromatic nitrogens is 1. The molecule has 0 aliphatic carbocycles. The van der Waals surface area contributed by atoms with Crippen LogP contribution in [0.2, 0.25) is 0 Å². The number of hydrogen-bond acceptors (Lipinski definition) is 4. The largest absolute Gasteiger partial charge is 0.358 e. The van der Waals surface area contributed by atoms with Crippen LogP contribution < -0.4 is 10.6 Å². The lowest BCUT2D eigenvalue weighted by Crippen LogP contribution is -2.24. The van der Waals surface area contributed by atoms with Crippen molar-refractivity contribution in [1.29, 1.82) is 5.26 Å². The highest BCUT2D eigenvalue weighted by Gasteiger charge is 2.08. The summed E-state index contributed by atoms with van der Waals surface area (Å²) in [6.45, 7) is 4.51. The quantitative estimate of drug-likeness (QED) is 0.835. The smallest absolute Gasteiger partial charge is 0.128 e. The van der Waals surface area contributed by atoms with Crippen LogP contribution in [0.3, 0.4) is 0 Å². The van der Waals surface area contributed by atoms with E-state index in [1.165, 1.54) is 0 Å². The van der Waals surface area contributed by atoms with Crippen molar-refractivity contribution in [1.82, 2.24) is 4.98 Å². The van der Waals surface area contributed by atoms with Crippen LogP contribution in [0, 0.1) is 17.2 Å². The zero-order valence-corrected chi connectivity index (χ0v) is 10.0. The van der Waals surface area contributed by atoms with Crippen molar-refractivity contribution in [3.63, 3.8) is 0 Å². The van der Waals surface area contributed by atoms with Crippen LogP contribution in [0.15, 0.2) is 18.3 Å². The minimum atomic E-state index is -0.00856. The van der Waals surface area contributed by atoms with E-state index in [0.717, 1.165) is 11.4 Å². The average molecular weight is 218 g/mol. The summed E-state index contributed by atoms with van der Waals surface area (Å²) < 4.78 is 0. The summed E-state index contributed by atoms with van der Waals surface area (Å²) in [6.07, 6.45) is 1.75. The topological polar surface area (TPSA) is 65.9 Å². The maximum atomic E-state index is 8.76. The highest BCUT2D eigenvalue weighted by atomic mass is 15.2. The first-order valence-electron chi connectivity index (χ1n) is 5.37. The molecule has 0 aromatic carbocycles. The monoisotopic (exact) mass is 218 g/mol. The van der Waals surface area contributed by atoms with Gasteiger partial charge in [0.1, 0.15) is 5.82 Å². The van der Waals surface area contributed by atoms with E-state index in [4.69, 9.17) is 11.0 Å². The lowest BCUT2D eigenvalue weighted by atomic mass is 10.1. The maximum Gasteiger partial charge on any atom is 0.128 e. The third kappa shape index (κ3) is 3.21. The number of nitrogens with zero attached hydrogens (tertiary/aromatic N) is 3. The van der Waals surface area contributed by atoms with Gasteiger partial charge in [-0.05, 0) is 31.5 Å². The Kier molecular flexibility index (Phi) is 4.27. The van der Waals surface area contributed by atoms with E-state index in [1.807, 2.05) is 37.9 Å². The molecule has 0 saturated carbocycles. The molecule has 4 heteroatoms. The molecule has 0 radical (unpaired) electrons. The Bertz CT molecular complexity index is 381. The van der Waals surface area contributed by atoms with E-state index in [9.17, 15) is 0 Å². The summed E-state index contributed by atoms with van der Waals surface area (Å²) in [7, 11) is 1.93. The second kappa shape index (κ2) is 5.47. The second-order valence-electron chi connectivity index (χ2n) is 4.15. The molecule has 1 aromatic rings. The first-order chi connectivity index (χ1) is 7.54. The molecule has 0 saturated heterocycles. The van der Waals surface area contributed by atoms with Crippen molar-refractivity contribution in [3.05, 3.63) is 23.9 Å². The summed E-state index contributed by atoms with van der Waals surface area (Å²) in [6, 6.07) is 6.09. The molecule has 1 heterocycles. The molecule has 2 atom stereocenters. The van der Waals surface area contributed by atoms with Gasteiger partial charge in [0.15, 0.2) is 0 Å². The molecule has 2 N–H and O–H groups in total. The first-order valence-corrected chi connectivity index (χ1v) is 5.37. The highest BCUT2D eigenvalue weighted by Crippen LogP contribution is 2.16. The van der Waals surface area contributed by atoms with Gasteiger partial charge in [0.25, 0.3) is 0 Å². The predicted molar refractivity (Wildman–Crippen MR) is 64.9 cm³/mol. The Morgan fingerprint density at radius 2 is 2.25 bits per heavy atom. The highest BCUT2D eigenvalue weighted by molar-refractivity contribution is 5.41. The fraction of sp³-hybridized carbons (Fsp3) is 0.500. The minimum Gasteiger partial charge on any atom is -0.358 e. The number of nitriles is 1. The Hall–Kier alpha value is -1.60. The Labute approximate surface area is 96.7 Å². The third-order valence-electron chi connectivity index (χ3n) is 2.45. The zero-order valence-electron chi connectivity index (χ0n) is 10.0. The third-order valence-corrected chi connectivity index (χ3v) is 2.45. The van der Waals surface area contributed by atoms with Crippen LogP contribution in [0.5, 0.6) is 0 Å². The van der Waals surface area contributed by atoms with Crippen molar-refractivity contribution >= 4 is 5.82 Å². The second-order valence-corrected chi connectivity index (χ2v) is 4.15. The summed E-state index contributed by atoms with van der Waals surface area (Å²) in [5.41, 5.74) is 6.87. The average Bonchev–Trinajstić information content (AvgIpc) is 2.28. The molecule has 4 nitrogen and oxygen atoms in total. The molecule has 0 amide bonds. The van der Waals surface area contributed by atoms with Gasteiger partial charge in [-0.1, -0.05) is 0 Å². The number of pyridine rings is 1. The minimum absolute atomic E-state index is 0.00328. The van der Waals surface area contributed by atoms with Gasteiger partial charge in [0.05, 0.1) is 12.0 Å². The van der Waals surface area contributed by atoms with E-state index in [1.54, 1.807) is 6.20 Å². The van der Waals surface area contributed by atoms with Crippen LogP contribution in [0.1, 0.15) is 25.5 Å². The molecule has 0 aliphatic rings. The Balaban J connectivity index is 2.80. The van der Waals surface area contributed by atoms with Crippen LogP contribution in [-0.4, -0.2) is 18.6 Å². The maximum absolute atomic E-state index is 8.76. The van der Waals surface area contributed by atoms with Gasteiger partial charge in [0.2, 0.25) is 0 Å². The van der Waals surface area contributed by atoms with Crippen molar-refractivity contribution in [2.24, 2.45) is 11.7 Å². The van der Waals surface area contributed by atoms with Crippen LogP contribution >= 0.6 is 0 Å². The van der Waals surface area contributed by atoms with Gasteiger partial charge in [-0.15, -0.1) is 0 Å². The molecule has 86 valence electrons. The van der Waals surface area contributed by atoms with Crippen LogP contribution in [-0.2, 0) is 0 Å². The van der Waals surface area contributed by atoms with Gasteiger partial charge in [0, 0.05) is 25.8 Å². The number of rotatable bonds is 4. The van der Waals surface area contributed by atoms with E-state index in [0.29, 0.717) is 6.54 Å². The van der Waals surface area contributed by atoms with Crippen molar-refractivity contribution in [2.45, 2.75) is 19.9 Å². The molecule has 0 bridgehead atoms. The Morgan fingerprint density at radius 3 is 2.81 bits per heavy atom. The van der Waals surface area contributed by atoms with Crippen molar-refractivity contribution in [3.8, 4) is 6.07 Å². The van der Waals surface area contributed by atoms with Crippen molar-refractivity contribution < 1.29 is 0 Å². The van der Waals surface area contributed by atoms with Gasteiger partial charge < -0.3 is 10.6 Å². The fourth-order valence-electron chi connectivity index (χ4n) is 1.47. The first kappa shape index (κ1) is 12.5. The number of hydrogen-bond donors (Lipinski definition) is 1. The standard InChI is InChI=1S/C12H18N4/c1-9(7-13)8-16(3)12-6-11(10(2)14)4-5-15-12/h4-6,9-10H,8,14H2,1-3H3/t9?,10-/m0/s1. The van der Waals surface area contributed by atoms with E-state index in [2.05, 4.69) is 11.1 Å². The molecule has 0 fully saturated rings. The predicted octanol–water partition coefficient (Wildman–Crippen LogP) is 1.70. The van der Waals surface area contributed by atoms with E-state index < -0.39 is 0 Å². The lowest BCUT2D eigenvalue weighted by Gasteiger charge is -2.20. The van der Waals surface area contributed by atoms with Gasteiger partial charge in [-0.3, -0.25) is 0 Å². The van der Waals surface area contributed by atoms with Crippen LogP contribution in [0.4, 0.5) is 5.82 Å². The zero-order chi connectivity index (χ0) is 12.1. The van der Waals surface area contributed by atoms with Gasteiger partial charge in [-0.2, -0.15) is 5.26 Å². The Morgan fingerprint density at radius 1 is 1.56 bits per heavy atom. The molecule has 1 aromatic heterocycles. The van der Waals surface area contributed by atoms with Crippen LogP contribution in [0.25, 0.3) is 0 Å². The molecule has 1 rings (SSSR count). The lowest BCUT2D eigenvalue weighted by molar-refractivity contribution is 0.708. The normalized spacial score (nSPS) is 13.9. The number of anilines is 1. The molecule has 16 heavy (non-hydrogen) atoms. The summed E-state index contributed by atoms with van der Waals surface area (Å²) >= 11 is 0. The van der Waals surface area contributed by atoms with E-state index in [-0.39, 0.29) is 12.0 Å². The fourth-order valence-corrected chi connectivity index (χ4v) is 1.47. The van der Waals surface area contributed by atoms with E-state index >= 15 is 0 Å². The van der Waals surface area contributed by atoms with Gasteiger partial charge >= 0.3 is 0 Å². The van der Waals surface area contributed by atoms with Gasteiger partial charge in [-0.25, -0.2) is 4.98 Å². The molecule has 0 aliphatic heterocycles. The molecular weight excluding hydrogens is 200 g/mol. The molecular formula is C12H18N4. The SMILES string of the molecule is CC(C#N)CN(C)c1cc([C@H](C)N)ccn1. The number of nitrogens with two attached hydrogens (primary N) is 1. The molecule has 1 unspecified atom stereocenters. The van der Waals surface area contributed by atoms with Crippen molar-refractivity contribution in [2.75, 3.05) is 18.5 Å². The summed E-state index contributed by atoms with van der Waals surface area (Å²) in [4.78, 5) is 6.24. The summed E-state index contributed by atoms with van der Waals surface area (Å²) in [5.74, 6) is 0.850. The molecule has 0 spiro atoms. The summed E-state index contributed by atoms with van der Waals surface area (Å²) in [5, 5.41) is 8.76.